The van der Waals surface area contributed by atoms with Gasteiger partial charge in [-0.05, 0) is 148 Å². The summed E-state index contributed by atoms with van der Waals surface area (Å²) in [4.78, 5) is 2.39. The van der Waals surface area contributed by atoms with Gasteiger partial charge < -0.3 is 4.90 Å². The number of fused-ring (bicyclic) bond motifs is 4. The monoisotopic (exact) mass is 915 g/mol. The van der Waals surface area contributed by atoms with Gasteiger partial charge in [-0.1, -0.05) is 249 Å². The first-order valence-electron chi connectivity index (χ1n) is 24.9. The zero-order chi connectivity index (χ0) is 47.8. The van der Waals surface area contributed by atoms with E-state index in [-0.39, 0.29) is 0 Å². The number of hydrogen-bond acceptors (Lipinski definition) is 1. The quantitative estimate of drug-likeness (QED) is 0.132. The summed E-state index contributed by atoms with van der Waals surface area (Å²) in [6.07, 6.45) is 0. The minimum Gasteiger partial charge on any atom is -0.310 e. The molecule has 12 aromatic rings. The normalized spacial score (nSPS) is 12.3. The minimum atomic E-state index is -0.460. The first-order chi connectivity index (χ1) is 35.7. The van der Waals surface area contributed by atoms with Crippen molar-refractivity contribution in [2.45, 2.75) is 5.41 Å². The maximum atomic E-state index is 2.39. The fourth-order valence-corrected chi connectivity index (χ4v) is 11.3. The zero-order valence-electron chi connectivity index (χ0n) is 39.7. The van der Waals surface area contributed by atoms with Crippen LogP contribution in [0.1, 0.15) is 22.3 Å². The Hall–Kier alpha value is -9.30. The Morgan fingerprint density at radius 3 is 1.31 bits per heavy atom. The largest absolute Gasteiger partial charge is 0.310 e. The molecule has 72 heavy (non-hydrogen) atoms. The Bertz CT molecular complexity index is 3840. The predicted octanol–water partition coefficient (Wildman–Crippen LogP) is 19.0. The summed E-state index contributed by atoms with van der Waals surface area (Å²) in [5.74, 6) is 0. The van der Waals surface area contributed by atoms with Crippen molar-refractivity contribution in [2.24, 2.45) is 0 Å². The zero-order valence-corrected chi connectivity index (χ0v) is 39.7. The van der Waals surface area contributed by atoms with Gasteiger partial charge in [-0.25, -0.2) is 0 Å². The van der Waals surface area contributed by atoms with Crippen molar-refractivity contribution < 1.29 is 0 Å². The van der Waals surface area contributed by atoms with Crippen molar-refractivity contribution in [1.29, 1.82) is 0 Å². The third kappa shape index (κ3) is 7.51. The lowest BCUT2D eigenvalue weighted by molar-refractivity contribution is 0.768. The van der Waals surface area contributed by atoms with Gasteiger partial charge in [0.05, 0.1) is 5.41 Å². The molecule has 0 aliphatic heterocycles. The fourth-order valence-electron chi connectivity index (χ4n) is 11.3. The van der Waals surface area contributed by atoms with Gasteiger partial charge in [0, 0.05) is 17.1 Å². The van der Waals surface area contributed by atoms with E-state index in [1.165, 1.54) is 94.2 Å². The van der Waals surface area contributed by atoms with E-state index in [1.54, 1.807) is 0 Å². The highest BCUT2D eigenvalue weighted by atomic mass is 15.1. The summed E-state index contributed by atoms with van der Waals surface area (Å²) in [6.45, 7) is 0. The molecule has 0 unspecified atom stereocenters. The first kappa shape index (κ1) is 42.8. The summed E-state index contributed by atoms with van der Waals surface area (Å²) in [5, 5.41) is 2.50. The molecule has 0 amide bonds. The van der Waals surface area contributed by atoms with E-state index >= 15 is 0 Å². The molecule has 0 heterocycles. The van der Waals surface area contributed by atoms with Crippen LogP contribution < -0.4 is 4.90 Å². The van der Waals surface area contributed by atoms with Gasteiger partial charge >= 0.3 is 0 Å². The molecule has 0 spiro atoms. The van der Waals surface area contributed by atoms with Gasteiger partial charge in [-0.2, -0.15) is 0 Å². The molecule has 0 atom stereocenters. The van der Waals surface area contributed by atoms with Crippen LogP contribution in [0.4, 0.5) is 17.1 Å². The second-order valence-electron chi connectivity index (χ2n) is 18.8. The first-order valence-corrected chi connectivity index (χ1v) is 24.9. The van der Waals surface area contributed by atoms with Crippen LogP contribution in [0.5, 0.6) is 0 Å². The average Bonchev–Trinajstić information content (AvgIpc) is 3.78. The molecule has 13 rings (SSSR count). The van der Waals surface area contributed by atoms with E-state index < -0.39 is 5.41 Å². The Balaban J connectivity index is 0.901. The van der Waals surface area contributed by atoms with Crippen molar-refractivity contribution in [2.75, 3.05) is 4.90 Å². The highest BCUT2D eigenvalue weighted by molar-refractivity contribution is 5.96. The smallest absolute Gasteiger partial charge is 0.0713 e. The highest BCUT2D eigenvalue weighted by Gasteiger charge is 2.46. The maximum absolute atomic E-state index is 2.39. The Morgan fingerprint density at radius 2 is 0.639 bits per heavy atom. The molecular formula is C71H49N. The predicted molar refractivity (Wildman–Crippen MR) is 303 cm³/mol. The van der Waals surface area contributed by atoms with E-state index in [4.69, 9.17) is 0 Å². The molecule has 1 aliphatic carbocycles. The third-order valence-electron chi connectivity index (χ3n) is 14.8. The SMILES string of the molecule is c1ccc(-c2ccc(-c3cccc(N(c4ccc(-c5cccc(-c6ccc7ccccc7c6)c5)cc4)c4ccc(-c5cccc6c5-c5ccccc5C6(c5ccccc5)c5ccccc5)cc4)c3)cc2)cc1. The average molecular weight is 916 g/mol. The molecule has 0 saturated carbocycles. The van der Waals surface area contributed by atoms with Gasteiger partial charge in [0.2, 0.25) is 0 Å². The van der Waals surface area contributed by atoms with Gasteiger partial charge in [-0.15, -0.1) is 0 Å². The van der Waals surface area contributed by atoms with Crippen LogP contribution in [0, 0.1) is 0 Å². The summed E-state index contributed by atoms with van der Waals surface area (Å²) in [5.41, 5.74) is 22.4. The summed E-state index contributed by atoms with van der Waals surface area (Å²) in [7, 11) is 0. The second-order valence-corrected chi connectivity index (χ2v) is 18.8. The van der Waals surface area contributed by atoms with Gasteiger partial charge in [-0.3, -0.25) is 0 Å². The van der Waals surface area contributed by atoms with E-state index in [1.807, 2.05) is 0 Å². The standard InChI is InChI=1S/C71H49N/c1-4-17-50(18-5-1)52-33-35-53(36-34-52)59-23-15-28-65(49-59)72(63-43-39-54(40-44-63)57-21-14-22-58(47-57)60-38-37-51-19-10-11-20-56(51)48-60)64-45-41-55(42-46-64)66-30-16-32-69-70(66)67-29-12-13-31-68(67)71(69,61-24-6-2-7-25-61)62-26-8-3-9-27-62/h1-49H. The van der Waals surface area contributed by atoms with E-state index in [9.17, 15) is 0 Å². The molecule has 1 heteroatoms. The molecular weight excluding hydrogens is 867 g/mol. The number of rotatable bonds is 10. The van der Waals surface area contributed by atoms with Crippen molar-refractivity contribution in [1.82, 2.24) is 0 Å². The van der Waals surface area contributed by atoms with Gasteiger partial charge in [0.15, 0.2) is 0 Å². The third-order valence-corrected chi connectivity index (χ3v) is 14.8. The molecule has 12 aromatic carbocycles. The highest BCUT2D eigenvalue weighted by Crippen LogP contribution is 2.58. The Morgan fingerprint density at radius 1 is 0.222 bits per heavy atom. The Kier molecular flexibility index (Phi) is 10.8. The van der Waals surface area contributed by atoms with Crippen molar-refractivity contribution in [3.05, 3.63) is 320 Å². The molecule has 1 nitrogen and oxygen atoms in total. The Labute approximate surface area is 422 Å². The van der Waals surface area contributed by atoms with Crippen molar-refractivity contribution >= 4 is 27.8 Å². The van der Waals surface area contributed by atoms with Crippen LogP contribution in [0.15, 0.2) is 297 Å². The molecule has 1 aliphatic rings. The molecule has 0 bridgehead atoms. The fraction of sp³-hybridized carbons (Fsp3) is 0.0141. The summed E-state index contributed by atoms with van der Waals surface area (Å²) >= 11 is 0. The van der Waals surface area contributed by atoms with Crippen LogP contribution in [-0.2, 0) is 5.41 Å². The lowest BCUT2D eigenvalue weighted by Crippen LogP contribution is -2.28. The molecule has 0 aromatic heterocycles. The lowest BCUT2D eigenvalue weighted by atomic mass is 9.67. The molecule has 0 N–H and O–H groups in total. The van der Waals surface area contributed by atoms with Crippen LogP contribution in [0.2, 0.25) is 0 Å². The van der Waals surface area contributed by atoms with Gasteiger partial charge in [0.1, 0.15) is 0 Å². The number of anilines is 3. The van der Waals surface area contributed by atoms with Gasteiger partial charge in [0.25, 0.3) is 0 Å². The van der Waals surface area contributed by atoms with E-state index in [0.29, 0.717) is 0 Å². The second kappa shape index (κ2) is 18.2. The topological polar surface area (TPSA) is 3.24 Å². The van der Waals surface area contributed by atoms with Crippen molar-refractivity contribution in [3.8, 4) is 66.8 Å². The van der Waals surface area contributed by atoms with Crippen LogP contribution in [-0.4, -0.2) is 0 Å². The maximum Gasteiger partial charge on any atom is 0.0713 e. The number of benzene rings is 12. The minimum absolute atomic E-state index is 0.460. The van der Waals surface area contributed by atoms with Crippen LogP contribution in [0.25, 0.3) is 77.5 Å². The van der Waals surface area contributed by atoms with E-state index in [0.717, 1.165) is 22.6 Å². The van der Waals surface area contributed by atoms with E-state index in [2.05, 4.69) is 302 Å². The molecule has 0 saturated heterocycles. The van der Waals surface area contributed by atoms with Crippen LogP contribution in [0.3, 0.4) is 0 Å². The van der Waals surface area contributed by atoms with Crippen LogP contribution >= 0.6 is 0 Å². The molecule has 338 valence electrons. The summed E-state index contributed by atoms with van der Waals surface area (Å²) < 4.78 is 0. The summed E-state index contributed by atoms with van der Waals surface area (Å²) in [6, 6.07) is 109. The molecule has 0 radical (unpaired) electrons. The number of hydrogen-bond donors (Lipinski definition) is 0. The molecule has 0 fully saturated rings. The lowest BCUT2D eigenvalue weighted by Gasteiger charge is -2.34. The number of nitrogens with zero attached hydrogens (tertiary/aromatic N) is 1. The van der Waals surface area contributed by atoms with Crippen molar-refractivity contribution in [3.63, 3.8) is 0 Å².